The molecule has 1 atom stereocenters. The Kier molecular flexibility index (Phi) is 5.87. The first-order valence-corrected chi connectivity index (χ1v) is 9.95. The molecule has 0 unspecified atom stereocenters. The molecule has 0 spiro atoms. The van der Waals surface area contributed by atoms with Gasteiger partial charge in [-0.3, -0.25) is 4.79 Å². The SMILES string of the molecule is CSc1ccccc1NC(=O)[C@@H](C)Nc1ccc(N2CCCC2)cc1. The molecule has 2 aromatic carbocycles. The van der Waals surface area contributed by atoms with E-state index in [-0.39, 0.29) is 11.9 Å². The van der Waals surface area contributed by atoms with Gasteiger partial charge in [0.2, 0.25) is 5.91 Å². The van der Waals surface area contributed by atoms with E-state index >= 15 is 0 Å². The summed E-state index contributed by atoms with van der Waals surface area (Å²) in [4.78, 5) is 15.9. The molecule has 0 radical (unpaired) electrons. The van der Waals surface area contributed by atoms with Crippen LogP contribution in [-0.2, 0) is 4.79 Å². The van der Waals surface area contributed by atoms with E-state index < -0.39 is 0 Å². The van der Waals surface area contributed by atoms with Crippen LogP contribution in [0.1, 0.15) is 19.8 Å². The maximum absolute atomic E-state index is 12.5. The molecule has 25 heavy (non-hydrogen) atoms. The molecule has 3 rings (SSSR count). The van der Waals surface area contributed by atoms with Crippen LogP contribution < -0.4 is 15.5 Å². The molecule has 0 aromatic heterocycles. The van der Waals surface area contributed by atoms with Crippen molar-refractivity contribution >= 4 is 34.7 Å². The highest BCUT2D eigenvalue weighted by atomic mass is 32.2. The fourth-order valence-electron chi connectivity index (χ4n) is 3.05. The standard InChI is InChI=1S/C20H25N3OS/c1-15(20(24)22-18-7-3-4-8-19(18)25-2)21-16-9-11-17(12-10-16)23-13-5-6-14-23/h3-4,7-12,15,21H,5-6,13-14H2,1-2H3,(H,22,24)/t15-/m1/s1. The predicted molar refractivity (Wildman–Crippen MR) is 108 cm³/mol. The second-order valence-corrected chi connectivity index (χ2v) is 7.14. The van der Waals surface area contributed by atoms with Gasteiger partial charge in [0.1, 0.15) is 6.04 Å². The van der Waals surface area contributed by atoms with E-state index in [1.807, 2.05) is 49.6 Å². The first-order valence-electron chi connectivity index (χ1n) is 8.73. The Bertz CT molecular complexity index is 711. The van der Waals surface area contributed by atoms with Crippen molar-refractivity contribution in [1.82, 2.24) is 0 Å². The van der Waals surface area contributed by atoms with Crippen LogP contribution in [0.3, 0.4) is 0 Å². The average Bonchev–Trinajstić information content (AvgIpc) is 3.17. The minimum Gasteiger partial charge on any atom is -0.374 e. The average molecular weight is 356 g/mol. The molecule has 0 saturated carbocycles. The maximum atomic E-state index is 12.5. The molecule has 4 nitrogen and oxygen atoms in total. The Morgan fingerprint density at radius 3 is 2.44 bits per heavy atom. The number of hydrogen-bond donors (Lipinski definition) is 2. The Morgan fingerprint density at radius 2 is 1.76 bits per heavy atom. The monoisotopic (exact) mass is 355 g/mol. The van der Waals surface area contributed by atoms with Gasteiger partial charge < -0.3 is 15.5 Å². The Balaban J connectivity index is 1.59. The molecule has 1 aliphatic heterocycles. The second-order valence-electron chi connectivity index (χ2n) is 6.30. The largest absolute Gasteiger partial charge is 0.374 e. The first-order chi connectivity index (χ1) is 12.2. The van der Waals surface area contributed by atoms with Gasteiger partial charge in [-0.15, -0.1) is 11.8 Å². The summed E-state index contributed by atoms with van der Waals surface area (Å²) < 4.78 is 0. The Hall–Kier alpha value is -2.14. The molecular formula is C20H25N3OS. The Morgan fingerprint density at radius 1 is 1.08 bits per heavy atom. The smallest absolute Gasteiger partial charge is 0.246 e. The van der Waals surface area contributed by atoms with Crippen LogP contribution in [0.2, 0.25) is 0 Å². The lowest BCUT2D eigenvalue weighted by Crippen LogP contribution is -2.32. The van der Waals surface area contributed by atoms with Crippen molar-refractivity contribution < 1.29 is 4.79 Å². The number of anilines is 3. The van der Waals surface area contributed by atoms with Crippen LogP contribution >= 0.6 is 11.8 Å². The summed E-state index contributed by atoms with van der Waals surface area (Å²) in [6, 6.07) is 15.9. The molecule has 2 N–H and O–H groups in total. The number of amides is 1. The minimum atomic E-state index is -0.312. The summed E-state index contributed by atoms with van der Waals surface area (Å²) in [5.41, 5.74) is 3.08. The zero-order valence-electron chi connectivity index (χ0n) is 14.8. The van der Waals surface area contributed by atoms with Gasteiger partial charge in [-0.2, -0.15) is 0 Å². The minimum absolute atomic E-state index is 0.0369. The lowest BCUT2D eigenvalue weighted by Gasteiger charge is -2.19. The Labute approximate surface area is 154 Å². The molecule has 0 bridgehead atoms. The van der Waals surface area contributed by atoms with E-state index in [9.17, 15) is 4.79 Å². The van der Waals surface area contributed by atoms with Crippen molar-refractivity contribution in [1.29, 1.82) is 0 Å². The number of carbonyl (C=O) groups is 1. The molecule has 1 amide bonds. The predicted octanol–water partition coefficient (Wildman–Crippen LogP) is 4.45. The van der Waals surface area contributed by atoms with Crippen LogP contribution in [0.25, 0.3) is 0 Å². The van der Waals surface area contributed by atoms with Gasteiger partial charge in [0.05, 0.1) is 5.69 Å². The van der Waals surface area contributed by atoms with Crippen LogP contribution in [0.15, 0.2) is 53.4 Å². The highest BCUT2D eigenvalue weighted by Crippen LogP contribution is 2.25. The van der Waals surface area contributed by atoms with E-state index in [4.69, 9.17) is 0 Å². The highest BCUT2D eigenvalue weighted by Gasteiger charge is 2.15. The van der Waals surface area contributed by atoms with E-state index in [1.54, 1.807) is 11.8 Å². The van der Waals surface area contributed by atoms with Gasteiger partial charge in [0.25, 0.3) is 0 Å². The van der Waals surface area contributed by atoms with E-state index in [0.717, 1.165) is 29.4 Å². The summed E-state index contributed by atoms with van der Waals surface area (Å²) in [5, 5.41) is 6.29. The second kappa shape index (κ2) is 8.30. The molecule has 132 valence electrons. The number of rotatable bonds is 6. The van der Waals surface area contributed by atoms with Gasteiger partial charge in [-0.05, 0) is 62.4 Å². The number of thioether (sulfide) groups is 1. The van der Waals surface area contributed by atoms with E-state index in [2.05, 4.69) is 27.7 Å². The fourth-order valence-corrected chi connectivity index (χ4v) is 3.60. The van der Waals surface area contributed by atoms with Crippen molar-refractivity contribution in [2.24, 2.45) is 0 Å². The van der Waals surface area contributed by atoms with Crippen LogP contribution in [0.4, 0.5) is 17.1 Å². The number of para-hydroxylation sites is 1. The van der Waals surface area contributed by atoms with Crippen molar-refractivity contribution in [3.05, 3.63) is 48.5 Å². The molecule has 1 fully saturated rings. The van der Waals surface area contributed by atoms with E-state index in [0.29, 0.717) is 0 Å². The zero-order chi connectivity index (χ0) is 17.6. The van der Waals surface area contributed by atoms with Crippen molar-refractivity contribution in [3.63, 3.8) is 0 Å². The van der Waals surface area contributed by atoms with Crippen molar-refractivity contribution in [2.75, 3.05) is 34.9 Å². The van der Waals surface area contributed by atoms with Gasteiger partial charge in [-0.1, -0.05) is 12.1 Å². The van der Waals surface area contributed by atoms with Gasteiger partial charge in [0, 0.05) is 29.4 Å². The van der Waals surface area contributed by atoms with Gasteiger partial charge >= 0.3 is 0 Å². The third-order valence-corrected chi connectivity index (χ3v) is 5.28. The summed E-state index contributed by atoms with van der Waals surface area (Å²) in [6.07, 6.45) is 4.55. The fraction of sp³-hybridized carbons (Fsp3) is 0.350. The molecule has 5 heteroatoms. The lowest BCUT2D eigenvalue weighted by atomic mass is 10.2. The third-order valence-electron chi connectivity index (χ3n) is 4.48. The molecule has 1 saturated heterocycles. The first kappa shape index (κ1) is 17.7. The normalized spacial score (nSPS) is 15.0. The maximum Gasteiger partial charge on any atom is 0.246 e. The molecular weight excluding hydrogens is 330 g/mol. The number of carbonyl (C=O) groups excluding carboxylic acids is 1. The topological polar surface area (TPSA) is 44.4 Å². The van der Waals surface area contributed by atoms with Crippen molar-refractivity contribution in [3.8, 4) is 0 Å². The zero-order valence-corrected chi connectivity index (χ0v) is 15.6. The lowest BCUT2D eigenvalue weighted by molar-refractivity contribution is -0.116. The van der Waals surface area contributed by atoms with Crippen LogP contribution in [0.5, 0.6) is 0 Å². The highest BCUT2D eigenvalue weighted by molar-refractivity contribution is 7.98. The summed E-state index contributed by atoms with van der Waals surface area (Å²) in [5.74, 6) is -0.0369. The summed E-state index contributed by atoms with van der Waals surface area (Å²) in [7, 11) is 0. The molecule has 1 aliphatic rings. The number of benzene rings is 2. The van der Waals surface area contributed by atoms with Crippen LogP contribution in [-0.4, -0.2) is 31.3 Å². The number of nitrogens with one attached hydrogen (secondary N) is 2. The quantitative estimate of drug-likeness (QED) is 0.752. The summed E-state index contributed by atoms with van der Waals surface area (Å²) >= 11 is 1.63. The van der Waals surface area contributed by atoms with Crippen molar-refractivity contribution in [2.45, 2.75) is 30.7 Å². The van der Waals surface area contributed by atoms with Crippen LogP contribution in [0, 0.1) is 0 Å². The van der Waals surface area contributed by atoms with Gasteiger partial charge in [-0.25, -0.2) is 0 Å². The number of nitrogens with zero attached hydrogens (tertiary/aromatic N) is 1. The molecule has 2 aromatic rings. The summed E-state index contributed by atoms with van der Waals surface area (Å²) in [6.45, 7) is 4.16. The molecule has 1 heterocycles. The third kappa shape index (κ3) is 4.48. The van der Waals surface area contributed by atoms with E-state index in [1.165, 1.54) is 18.5 Å². The molecule has 0 aliphatic carbocycles. The van der Waals surface area contributed by atoms with Gasteiger partial charge in [0.15, 0.2) is 0 Å². The number of hydrogen-bond acceptors (Lipinski definition) is 4.